The van der Waals surface area contributed by atoms with Crippen LogP contribution in [0.4, 0.5) is 0 Å². The van der Waals surface area contributed by atoms with Crippen LogP contribution in [-0.4, -0.2) is 66.1 Å². The molecule has 7 nitrogen and oxygen atoms in total. The van der Waals surface area contributed by atoms with E-state index in [0.717, 1.165) is 17.1 Å². The molecular formula is C15H26IN3O4S. The predicted molar refractivity (Wildman–Crippen MR) is 108 cm³/mol. The Hall–Kier alpha value is -1.23. The van der Waals surface area contributed by atoms with Crippen molar-refractivity contribution in [1.82, 2.24) is 10.2 Å². The first kappa shape index (κ1) is 22.8. The van der Waals surface area contributed by atoms with Crippen LogP contribution in [0, 0.1) is 0 Å². The summed E-state index contributed by atoms with van der Waals surface area (Å²) in [5.41, 5.74) is 0.974. The highest BCUT2D eigenvalue weighted by Crippen LogP contribution is 2.25. The van der Waals surface area contributed by atoms with Crippen LogP contribution in [0.2, 0.25) is 0 Å². The highest BCUT2D eigenvalue weighted by molar-refractivity contribution is 14.0. The van der Waals surface area contributed by atoms with Crippen molar-refractivity contribution >= 4 is 39.8 Å². The fourth-order valence-electron chi connectivity index (χ4n) is 2.05. The zero-order valence-electron chi connectivity index (χ0n) is 14.7. The molecule has 0 unspecified atom stereocenters. The summed E-state index contributed by atoms with van der Waals surface area (Å²) in [6.07, 6.45) is 1.21. The smallest absolute Gasteiger partial charge is 0.193 e. The molecular weight excluding hydrogens is 445 g/mol. The molecule has 0 amide bonds. The van der Waals surface area contributed by atoms with Gasteiger partial charge in [-0.25, -0.2) is 8.42 Å². The first-order valence-corrected chi connectivity index (χ1v) is 9.17. The number of halogens is 1. The third-order valence-electron chi connectivity index (χ3n) is 3.23. The summed E-state index contributed by atoms with van der Waals surface area (Å²) in [7, 11) is 3.74. The summed E-state index contributed by atoms with van der Waals surface area (Å²) in [6.45, 7) is 0.876. The molecule has 1 aromatic carbocycles. The maximum absolute atomic E-state index is 11.2. The minimum atomic E-state index is -3.00. The van der Waals surface area contributed by atoms with Crippen molar-refractivity contribution < 1.29 is 17.9 Å². The quantitative estimate of drug-likeness (QED) is 0.368. The molecule has 0 fully saturated rings. The number of sulfone groups is 1. The van der Waals surface area contributed by atoms with Gasteiger partial charge in [0.1, 0.15) is 21.3 Å². The number of rotatable bonds is 7. The van der Waals surface area contributed by atoms with Crippen LogP contribution in [0.15, 0.2) is 23.2 Å². The van der Waals surface area contributed by atoms with Gasteiger partial charge in [0, 0.05) is 45.1 Å². The zero-order valence-corrected chi connectivity index (χ0v) is 17.8. The molecule has 138 valence electrons. The lowest BCUT2D eigenvalue weighted by molar-refractivity contribution is 0.382. The molecule has 24 heavy (non-hydrogen) atoms. The van der Waals surface area contributed by atoms with Crippen LogP contribution < -0.4 is 14.8 Å². The summed E-state index contributed by atoms with van der Waals surface area (Å²) in [6, 6.07) is 5.62. The van der Waals surface area contributed by atoms with Gasteiger partial charge in [0.2, 0.25) is 0 Å². The number of guanidine groups is 1. The van der Waals surface area contributed by atoms with Gasteiger partial charge in [0.05, 0.1) is 20.0 Å². The molecule has 0 spiro atoms. The van der Waals surface area contributed by atoms with Gasteiger partial charge in [0.25, 0.3) is 0 Å². The molecule has 9 heteroatoms. The maximum Gasteiger partial charge on any atom is 0.193 e. The standard InChI is InChI=1S/C15H25N3O4S.HI/c1-16-15(17-8-9-23(5,19)20)18(2)11-12-6-7-13(21-3)10-14(12)22-4;/h6-7,10H,8-9,11H2,1-5H3,(H,16,17);1H. The van der Waals surface area contributed by atoms with Crippen molar-refractivity contribution in [3.8, 4) is 11.5 Å². The molecule has 0 bridgehead atoms. The second-order valence-corrected chi connectivity index (χ2v) is 7.40. The Morgan fingerprint density at radius 1 is 1.29 bits per heavy atom. The van der Waals surface area contributed by atoms with E-state index in [1.165, 1.54) is 6.26 Å². The van der Waals surface area contributed by atoms with Gasteiger partial charge < -0.3 is 19.7 Å². The van der Waals surface area contributed by atoms with E-state index in [1.807, 2.05) is 30.1 Å². The summed E-state index contributed by atoms with van der Waals surface area (Å²) in [5, 5.41) is 3.04. The average Bonchev–Trinajstić information content (AvgIpc) is 2.50. The van der Waals surface area contributed by atoms with E-state index in [2.05, 4.69) is 10.3 Å². The Morgan fingerprint density at radius 3 is 2.46 bits per heavy atom. The number of hydrogen-bond donors (Lipinski definition) is 1. The fraction of sp³-hybridized carbons (Fsp3) is 0.533. The van der Waals surface area contributed by atoms with Crippen LogP contribution >= 0.6 is 24.0 Å². The van der Waals surface area contributed by atoms with E-state index in [4.69, 9.17) is 9.47 Å². The predicted octanol–water partition coefficient (Wildman–Crippen LogP) is 1.37. The van der Waals surface area contributed by atoms with Crippen molar-refractivity contribution in [2.75, 3.05) is 46.9 Å². The second kappa shape index (κ2) is 10.6. The second-order valence-electron chi connectivity index (χ2n) is 5.14. The lowest BCUT2D eigenvalue weighted by Gasteiger charge is -2.23. The van der Waals surface area contributed by atoms with Gasteiger partial charge in [-0.05, 0) is 12.1 Å². The van der Waals surface area contributed by atoms with Gasteiger partial charge in [0.15, 0.2) is 5.96 Å². The molecule has 0 aliphatic rings. The highest BCUT2D eigenvalue weighted by Gasteiger charge is 2.12. The molecule has 0 saturated carbocycles. The van der Waals surface area contributed by atoms with Crippen LogP contribution in [0.3, 0.4) is 0 Å². The van der Waals surface area contributed by atoms with Gasteiger partial charge in [-0.2, -0.15) is 0 Å². The number of ether oxygens (including phenoxy) is 2. The molecule has 0 aliphatic carbocycles. The molecule has 0 aromatic heterocycles. The summed E-state index contributed by atoms with van der Waals surface area (Å²) >= 11 is 0. The van der Waals surface area contributed by atoms with Gasteiger partial charge in [-0.1, -0.05) is 0 Å². The van der Waals surface area contributed by atoms with E-state index in [9.17, 15) is 8.42 Å². The number of hydrogen-bond acceptors (Lipinski definition) is 5. The van der Waals surface area contributed by atoms with E-state index in [-0.39, 0.29) is 29.7 Å². The van der Waals surface area contributed by atoms with E-state index >= 15 is 0 Å². The molecule has 0 heterocycles. The monoisotopic (exact) mass is 471 g/mol. The van der Waals surface area contributed by atoms with Gasteiger partial charge in [-0.3, -0.25) is 4.99 Å². The van der Waals surface area contributed by atoms with Crippen LogP contribution in [0.25, 0.3) is 0 Å². The molecule has 1 N–H and O–H groups in total. The lowest BCUT2D eigenvalue weighted by Crippen LogP contribution is -2.40. The molecule has 0 radical (unpaired) electrons. The van der Waals surface area contributed by atoms with Crippen molar-refractivity contribution in [3.05, 3.63) is 23.8 Å². The first-order valence-electron chi connectivity index (χ1n) is 7.11. The topological polar surface area (TPSA) is 80.2 Å². The number of benzene rings is 1. The van der Waals surface area contributed by atoms with Crippen molar-refractivity contribution in [2.24, 2.45) is 4.99 Å². The SMILES string of the molecule is CN=C(NCCS(C)(=O)=O)N(C)Cc1ccc(OC)cc1OC.I. The molecule has 0 atom stereocenters. The highest BCUT2D eigenvalue weighted by atomic mass is 127. The van der Waals surface area contributed by atoms with Crippen LogP contribution in [0.5, 0.6) is 11.5 Å². The van der Waals surface area contributed by atoms with Gasteiger partial charge in [-0.15, -0.1) is 24.0 Å². The third-order valence-corrected chi connectivity index (χ3v) is 4.18. The number of nitrogens with zero attached hydrogens (tertiary/aromatic N) is 2. The largest absolute Gasteiger partial charge is 0.497 e. The van der Waals surface area contributed by atoms with E-state index in [1.54, 1.807) is 21.3 Å². The summed E-state index contributed by atoms with van der Waals surface area (Å²) < 4.78 is 32.9. The Morgan fingerprint density at radius 2 is 1.96 bits per heavy atom. The van der Waals surface area contributed by atoms with E-state index < -0.39 is 9.84 Å². The normalized spacial score (nSPS) is 11.5. The fourth-order valence-corrected chi connectivity index (χ4v) is 2.52. The number of aliphatic imine (C=N–C) groups is 1. The number of nitrogens with one attached hydrogen (secondary N) is 1. The Balaban J connectivity index is 0.00000529. The summed E-state index contributed by atoms with van der Waals surface area (Å²) in [5.74, 6) is 2.13. The van der Waals surface area contributed by atoms with Crippen LogP contribution in [-0.2, 0) is 16.4 Å². The number of methoxy groups -OCH3 is 2. The van der Waals surface area contributed by atoms with Crippen molar-refractivity contribution in [1.29, 1.82) is 0 Å². The minimum absolute atomic E-state index is 0. The first-order chi connectivity index (χ1) is 10.8. The Labute approximate surface area is 161 Å². The zero-order chi connectivity index (χ0) is 17.5. The van der Waals surface area contributed by atoms with E-state index in [0.29, 0.717) is 19.0 Å². The maximum atomic E-state index is 11.2. The molecule has 0 aliphatic heterocycles. The minimum Gasteiger partial charge on any atom is -0.497 e. The average molecular weight is 471 g/mol. The third kappa shape index (κ3) is 7.56. The van der Waals surface area contributed by atoms with Crippen LogP contribution in [0.1, 0.15) is 5.56 Å². The molecule has 1 aromatic rings. The Bertz CT molecular complexity index is 650. The Kier molecular flexibility index (Phi) is 10.1. The molecule has 1 rings (SSSR count). The van der Waals surface area contributed by atoms with Crippen molar-refractivity contribution in [2.45, 2.75) is 6.54 Å². The summed E-state index contributed by atoms with van der Waals surface area (Å²) in [4.78, 5) is 6.06. The molecule has 0 saturated heterocycles. The lowest BCUT2D eigenvalue weighted by atomic mass is 10.2. The van der Waals surface area contributed by atoms with Crippen molar-refractivity contribution in [3.63, 3.8) is 0 Å². The van der Waals surface area contributed by atoms with Gasteiger partial charge >= 0.3 is 0 Å².